The molecule has 0 radical (unpaired) electrons. The Labute approximate surface area is 61.8 Å². The third kappa shape index (κ3) is 2.44. The van der Waals surface area contributed by atoms with Crippen molar-refractivity contribution >= 4 is 5.78 Å². The van der Waals surface area contributed by atoms with Crippen molar-refractivity contribution in [2.24, 2.45) is 0 Å². The summed E-state index contributed by atoms with van der Waals surface area (Å²) in [5.41, 5.74) is 1.25. The molecule has 0 aromatic rings. The van der Waals surface area contributed by atoms with Crippen LogP contribution in [-0.2, 0) is 4.79 Å². The van der Waals surface area contributed by atoms with E-state index in [1.54, 1.807) is 6.08 Å². The smallest absolute Gasteiger partial charge is 0.159 e. The average molecular weight is 136 g/mol. The van der Waals surface area contributed by atoms with E-state index in [1.165, 1.54) is 6.92 Å². The maximum Gasteiger partial charge on any atom is 0.159 e. The summed E-state index contributed by atoms with van der Waals surface area (Å²) < 4.78 is 0. The Balaban J connectivity index is 4.08. The van der Waals surface area contributed by atoms with Crippen LogP contribution in [0.5, 0.6) is 0 Å². The molecule has 0 aromatic carbocycles. The van der Waals surface area contributed by atoms with Crippen LogP contribution in [0, 0.1) is 0 Å². The zero-order chi connectivity index (χ0) is 8.15. The quantitative estimate of drug-likeness (QED) is 0.329. The molecule has 0 amide bonds. The van der Waals surface area contributed by atoms with E-state index in [4.69, 9.17) is 0 Å². The van der Waals surface area contributed by atoms with E-state index in [-0.39, 0.29) is 5.78 Å². The third-order valence-corrected chi connectivity index (χ3v) is 1.24. The van der Waals surface area contributed by atoms with Gasteiger partial charge < -0.3 is 0 Å². The van der Waals surface area contributed by atoms with Gasteiger partial charge in [0.2, 0.25) is 0 Å². The molecular weight excluding hydrogens is 124 g/mol. The molecule has 0 heterocycles. The normalized spacial score (nSPS) is 8.50. The Hall–Kier alpha value is -1.11. The summed E-state index contributed by atoms with van der Waals surface area (Å²) in [5, 5.41) is 0. The van der Waals surface area contributed by atoms with Crippen LogP contribution in [0.15, 0.2) is 37.0 Å². The first kappa shape index (κ1) is 8.89. The largest absolute Gasteiger partial charge is 0.295 e. The minimum absolute atomic E-state index is 0.0214. The van der Waals surface area contributed by atoms with Gasteiger partial charge in [-0.05, 0) is 18.9 Å². The summed E-state index contributed by atoms with van der Waals surface area (Å²) >= 11 is 0. The van der Waals surface area contributed by atoms with E-state index in [0.717, 1.165) is 5.57 Å². The standard InChI is InChI=1S/C9H12O/c1-5-6-7(2)8(3)9(4)10/h5H,1-3,6H2,4H3. The number of Topliss-reactive ketones (excluding diaryl/α,β-unsaturated/α-hetero) is 1. The molecule has 0 aliphatic heterocycles. The van der Waals surface area contributed by atoms with Crippen molar-refractivity contribution in [3.63, 3.8) is 0 Å². The van der Waals surface area contributed by atoms with Crippen LogP contribution in [0.2, 0.25) is 0 Å². The second-order valence-corrected chi connectivity index (χ2v) is 2.13. The lowest BCUT2D eigenvalue weighted by atomic mass is 10.0. The zero-order valence-corrected chi connectivity index (χ0v) is 6.31. The zero-order valence-electron chi connectivity index (χ0n) is 6.31. The minimum atomic E-state index is -0.0214. The number of carbonyl (C=O) groups is 1. The van der Waals surface area contributed by atoms with Crippen LogP contribution in [0.4, 0.5) is 0 Å². The summed E-state index contributed by atoms with van der Waals surface area (Å²) in [6.07, 6.45) is 2.34. The molecule has 0 unspecified atom stereocenters. The molecule has 0 saturated heterocycles. The van der Waals surface area contributed by atoms with Gasteiger partial charge in [-0.15, -0.1) is 6.58 Å². The highest BCUT2D eigenvalue weighted by Crippen LogP contribution is 2.10. The number of allylic oxidation sites excluding steroid dienone is 3. The van der Waals surface area contributed by atoms with Gasteiger partial charge >= 0.3 is 0 Å². The van der Waals surface area contributed by atoms with Gasteiger partial charge in [0.15, 0.2) is 5.78 Å². The van der Waals surface area contributed by atoms with Crippen LogP contribution in [0.3, 0.4) is 0 Å². The molecule has 0 spiro atoms. The fourth-order valence-corrected chi connectivity index (χ4v) is 0.546. The Kier molecular flexibility index (Phi) is 3.40. The number of carbonyl (C=O) groups excluding carboxylic acids is 1. The fourth-order valence-electron chi connectivity index (χ4n) is 0.546. The average Bonchev–Trinajstić information content (AvgIpc) is 1.87. The number of ketones is 1. The van der Waals surface area contributed by atoms with Gasteiger partial charge in [0.1, 0.15) is 0 Å². The topological polar surface area (TPSA) is 17.1 Å². The van der Waals surface area contributed by atoms with Crippen LogP contribution in [-0.4, -0.2) is 5.78 Å². The Morgan fingerprint density at radius 2 is 2.00 bits per heavy atom. The van der Waals surface area contributed by atoms with Gasteiger partial charge in [-0.3, -0.25) is 4.79 Å². The van der Waals surface area contributed by atoms with Crippen LogP contribution >= 0.6 is 0 Å². The second-order valence-electron chi connectivity index (χ2n) is 2.13. The first-order valence-corrected chi connectivity index (χ1v) is 3.08. The molecule has 0 N–H and O–H groups in total. The van der Waals surface area contributed by atoms with E-state index in [2.05, 4.69) is 19.7 Å². The van der Waals surface area contributed by atoms with Crippen molar-refractivity contribution < 1.29 is 4.79 Å². The van der Waals surface area contributed by atoms with Crippen molar-refractivity contribution in [3.05, 3.63) is 37.0 Å². The van der Waals surface area contributed by atoms with Gasteiger partial charge in [-0.1, -0.05) is 19.2 Å². The van der Waals surface area contributed by atoms with Gasteiger partial charge in [0.05, 0.1) is 0 Å². The lowest BCUT2D eigenvalue weighted by molar-refractivity contribution is -0.113. The molecule has 0 bridgehead atoms. The van der Waals surface area contributed by atoms with Gasteiger partial charge in [0, 0.05) is 5.57 Å². The minimum Gasteiger partial charge on any atom is -0.295 e. The number of hydrogen-bond acceptors (Lipinski definition) is 1. The molecule has 1 nitrogen and oxygen atoms in total. The highest BCUT2D eigenvalue weighted by molar-refractivity contribution is 5.96. The summed E-state index contributed by atoms with van der Waals surface area (Å²) in [6.45, 7) is 12.3. The summed E-state index contributed by atoms with van der Waals surface area (Å²) in [7, 11) is 0. The highest BCUT2D eigenvalue weighted by Gasteiger charge is 2.01. The van der Waals surface area contributed by atoms with E-state index in [1.807, 2.05) is 0 Å². The number of rotatable bonds is 4. The predicted octanol–water partition coefficient (Wildman–Crippen LogP) is 2.26. The van der Waals surface area contributed by atoms with Gasteiger partial charge in [-0.2, -0.15) is 0 Å². The first-order chi connectivity index (χ1) is 4.59. The molecule has 0 aromatic heterocycles. The summed E-state index contributed by atoms with van der Waals surface area (Å²) in [6, 6.07) is 0. The molecule has 0 rings (SSSR count). The summed E-state index contributed by atoms with van der Waals surface area (Å²) in [4.78, 5) is 10.7. The molecule has 10 heavy (non-hydrogen) atoms. The molecule has 0 fully saturated rings. The molecular formula is C9H12O. The maximum atomic E-state index is 10.7. The van der Waals surface area contributed by atoms with Crippen molar-refractivity contribution in [1.82, 2.24) is 0 Å². The van der Waals surface area contributed by atoms with Crippen molar-refractivity contribution in [2.45, 2.75) is 13.3 Å². The Morgan fingerprint density at radius 3 is 2.30 bits per heavy atom. The Morgan fingerprint density at radius 1 is 1.50 bits per heavy atom. The van der Waals surface area contributed by atoms with Crippen molar-refractivity contribution in [3.8, 4) is 0 Å². The van der Waals surface area contributed by atoms with E-state index in [9.17, 15) is 4.79 Å². The molecule has 0 atom stereocenters. The SMILES string of the molecule is C=CCC(=C)C(=C)C(C)=O. The molecule has 1 heteroatoms. The fraction of sp³-hybridized carbons (Fsp3) is 0.222. The van der Waals surface area contributed by atoms with E-state index in [0.29, 0.717) is 12.0 Å². The highest BCUT2D eigenvalue weighted by atomic mass is 16.1. The maximum absolute atomic E-state index is 10.7. The monoisotopic (exact) mass is 136 g/mol. The van der Waals surface area contributed by atoms with E-state index >= 15 is 0 Å². The molecule has 0 saturated carbocycles. The number of hydrogen-bond donors (Lipinski definition) is 0. The lowest BCUT2D eigenvalue weighted by Gasteiger charge is -2.00. The van der Waals surface area contributed by atoms with Crippen LogP contribution in [0.1, 0.15) is 13.3 Å². The lowest BCUT2D eigenvalue weighted by Crippen LogP contribution is -1.96. The van der Waals surface area contributed by atoms with Gasteiger partial charge in [-0.25, -0.2) is 0 Å². The van der Waals surface area contributed by atoms with Crippen LogP contribution in [0.25, 0.3) is 0 Å². The third-order valence-electron chi connectivity index (χ3n) is 1.24. The summed E-state index contributed by atoms with van der Waals surface area (Å²) in [5.74, 6) is -0.0214. The molecule has 0 aliphatic rings. The van der Waals surface area contributed by atoms with Gasteiger partial charge in [0.25, 0.3) is 0 Å². The molecule has 54 valence electrons. The van der Waals surface area contributed by atoms with Crippen LogP contribution < -0.4 is 0 Å². The molecule has 0 aliphatic carbocycles. The van der Waals surface area contributed by atoms with Crippen molar-refractivity contribution in [1.29, 1.82) is 0 Å². The Bertz CT molecular complexity index is 187. The second kappa shape index (κ2) is 3.83. The van der Waals surface area contributed by atoms with Crippen molar-refractivity contribution in [2.75, 3.05) is 0 Å². The predicted molar refractivity (Wildman–Crippen MR) is 43.8 cm³/mol. The van der Waals surface area contributed by atoms with E-state index < -0.39 is 0 Å². The first-order valence-electron chi connectivity index (χ1n) is 3.08.